The van der Waals surface area contributed by atoms with Crippen LogP contribution < -0.4 is 0 Å². The van der Waals surface area contributed by atoms with Gasteiger partial charge in [-0.1, -0.05) is 243 Å². The maximum atomic E-state index is 5.67. The predicted octanol–water partition coefficient (Wildman–Crippen LogP) is 24.9. The van der Waals surface area contributed by atoms with E-state index < -0.39 is 0 Å². The summed E-state index contributed by atoms with van der Waals surface area (Å²) < 4.78 is 12.5. The van der Waals surface area contributed by atoms with Crippen LogP contribution in [0, 0.1) is 0 Å². The lowest BCUT2D eigenvalue weighted by atomic mass is 9.97. The van der Waals surface area contributed by atoms with Crippen LogP contribution in [0.4, 0.5) is 0 Å². The second-order valence-corrected chi connectivity index (χ2v) is 28.8. The fraction of sp³-hybridized carbons (Fsp3) is 0. The largest absolute Gasteiger partial charge is 0.309 e. The standard InChI is InChI=1S/C98H55N9/c1-4-22-56(23-5-1)76-55-77(101-97(100-76)57-24-6-2-7-25-57)60-41-47-72-86(52-60)106-83-39-21-20-38-82(83)105-85-51-59(40-46-71(85)89-67-30-12-13-31-68(67)90(72)96(106)95(89)105)58-44-49-79-74(50-58)64-45-42-61(53-84(64)103(79)63-26-8-3-9-27-63)92-69-32-14-16-34-75(69)99-98(102-92)62-43-48-73-87(54-62)107-81-37-19-18-36-80(81)104-78-35-17-15-33-70(78)88-65-28-10-11-29-66(65)91(73)94(107)93(88)104/h1-55H. The van der Waals surface area contributed by atoms with E-state index in [1.54, 1.807) is 0 Å². The number of aromatic nitrogens is 9. The Balaban J connectivity index is 0.662. The molecule has 0 atom stereocenters. The number of benzene rings is 16. The minimum absolute atomic E-state index is 0.676. The van der Waals surface area contributed by atoms with Crippen LogP contribution in [0.15, 0.2) is 334 Å². The van der Waals surface area contributed by atoms with E-state index in [1.807, 2.05) is 12.1 Å². The first-order chi connectivity index (χ1) is 53.1. The number of rotatable bonds is 7. The second kappa shape index (κ2) is 21.1. The molecule has 0 fully saturated rings. The van der Waals surface area contributed by atoms with Gasteiger partial charge in [-0.25, -0.2) is 19.9 Å². The Kier molecular flexibility index (Phi) is 11.2. The third kappa shape index (κ3) is 7.69. The molecule has 0 saturated heterocycles. The first kappa shape index (κ1) is 57.0. The Morgan fingerprint density at radius 1 is 0.187 bits per heavy atom. The molecule has 0 N–H and O–H groups in total. The van der Waals surface area contributed by atoms with Crippen molar-refractivity contribution in [1.82, 2.24) is 42.1 Å². The van der Waals surface area contributed by atoms with Crippen LogP contribution in [-0.4, -0.2) is 42.1 Å². The lowest BCUT2D eigenvalue weighted by Gasteiger charge is -2.13. The fourth-order valence-corrected chi connectivity index (χ4v) is 18.8. The molecule has 492 valence electrons. The molecule has 0 saturated carbocycles. The van der Waals surface area contributed by atoms with E-state index in [0.717, 1.165) is 128 Å². The van der Waals surface area contributed by atoms with Crippen molar-refractivity contribution >= 4 is 164 Å². The molecule has 0 spiro atoms. The highest BCUT2D eigenvalue weighted by atomic mass is 15.0. The zero-order chi connectivity index (χ0) is 69.4. The van der Waals surface area contributed by atoms with Crippen LogP contribution in [0.5, 0.6) is 0 Å². The van der Waals surface area contributed by atoms with Crippen molar-refractivity contribution in [2.75, 3.05) is 0 Å². The molecular formula is C98H55N9. The van der Waals surface area contributed by atoms with Gasteiger partial charge in [0.1, 0.15) is 0 Å². The molecule has 0 aliphatic rings. The summed E-state index contributed by atoms with van der Waals surface area (Å²) in [5.74, 6) is 1.37. The van der Waals surface area contributed by atoms with Crippen molar-refractivity contribution in [2.24, 2.45) is 0 Å². The molecule has 9 heteroatoms. The summed E-state index contributed by atoms with van der Waals surface area (Å²) in [7, 11) is 0. The smallest absolute Gasteiger partial charge is 0.160 e. The molecule has 0 aliphatic heterocycles. The highest BCUT2D eigenvalue weighted by Gasteiger charge is 2.29. The molecule has 0 unspecified atom stereocenters. The summed E-state index contributed by atoms with van der Waals surface area (Å²) in [4.78, 5) is 21.6. The van der Waals surface area contributed by atoms with Gasteiger partial charge in [0.15, 0.2) is 11.6 Å². The molecule has 0 bridgehead atoms. The predicted molar refractivity (Wildman–Crippen MR) is 443 cm³/mol. The Bertz CT molecular complexity index is 8080. The molecule has 0 aliphatic carbocycles. The zero-order valence-corrected chi connectivity index (χ0v) is 57.3. The van der Waals surface area contributed by atoms with Gasteiger partial charge in [0.2, 0.25) is 0 Å². The highest BCUT2D eigenvalue weighted by molar-refractivity contribution is 6.39. The van der Waals surface area contributed by atoms with Crippen molar-refractivity contribution in [3.05, 3.63) is 334 Å². The third-order valence-corrected chi connectivity index (χ3v) is 23.3. The Labute approximate surface area is 608 Å². The number of fused-ring (bicyclic) bond motifs is 28. The van der Waals surface area contributed by atoms with Gasteiger partial charge in [0.05, 0.1) is 99.8 Å². The Morgan fingerprint density at radius 2 is 0.570 bits per heavy atom. The SMILES string of the molecule is c1ccc(-c2cc(-c3ccc4c5c6ccccc6c6c7ccc(-c8ccc9c(c8)c8ccc(-c%10nc(-c%11ccc%12c%13c%14ccccc%14c%14c%15ccccc%15n%15c%16ccccc%16n(c%12c%11)c%13c%14%15)nc%11ccccc%10%11)cc8n9-c8ccccc8)cc7n7c8ccccc8n(c4c3)c5c67)nc(-c3ccccc3)n2)cc1. The number of para-hydroxylation sites is 7. The van der Waals surface area contributed by atoms with Gasteiger partial charge >= 0.3 is 0 Å². The van der Waals surface area contributed by atoms with E-state index in [0.29, 0.717) is 11.6 Å². The monoisotopic (exact) mass is 1360 g/mol. The fourth-order valence-electron chi connectivity index (χ4n) is 18.8. The third-order valence-electron chi connectivity index (χ3n) is 23.3. The summed E-state index contributed by atoms with van der Waals surface area (Å²) >= 11 is 0. The van der Waals surface area contributed by atoms with E-state index in [-0.39, 0.29) is 0 Å². The van der Waals surface area contributed by atoms with E-state index in [4.69, 9.17) is 19.9 Å². The van der Waals surface area contributed by atoms with Crippen molar-refractivity contribution in [3.8, 4) is 73.4 Å². The topological polar surface area (TPSA) is 74.1 Å². The molecule has 107 heavy (non-hydrogen) atoms. The van der Waals surface area contributed by atoms with Gasteiger partial charge in [-0.3, -0.25) is 0 Å². The molecule has 9 nitrogen and oxygen atoms in total. The summed E-state index contributed by atoms with van der Waals surface area (Å²) in [6.07, 6.45) is 0. The van der Waals surface area contributed by atoms with Gasteiger partial charge in [-0.15, -0.1) is 0 Å². The van der Waals surface area contributed by atoms with E-state index in [1.165, 1.54) is 97.6 Å². The van der Waals surface area contributed by atoms with E-state index >= 15 is 0 Å². The first-order valence-corrected chi connectivity index (χ1v) is 36.6. The molecule has 9 heterocycles. The van der Waals surface area contributed by atoms with Gasteiger partial charge < -0.3 is 22.2 Å². The zero-order valence-electron chi connectivity index (χ0n) is 57.3. The minimum Gasteiger partial charge on any atom is -0.309 e. The van der Waals surface area contributed by atoms with Crippen LogP contribution in [0.2, 0.25) is 0 Å². The van der Waals surface area contributed by atoms with Crippen molar-refractivity contribution in [1.29, 1.82) is 0 Å². The average molecular weight is 1360 g/mol. The normalized spacial score (nSPS) is 12.5. The Morgan fingerprint density at radius 3 is 1.15 bits per heavy atom. The number of hydrogen-bond acceptors (Lipinski definition) is 4. The van der Waals surface area contributed by atoms with Gasteiger partial charge in [0.25, 0.3) is 0 Å². The van der Waals surface area contributed by atoms with E-state index in [9.17, 15) is 0 Å². The highest BCUT2D eigenvalue weighted by Crippen LogP contribution is 2.51. The van der Waals surface area contributed by atoms with Crippen LogP contribution in [0.1, 0.15) is 0 Å². The quantitative estimate of drug-likeness (QED) is 0.149. The van der Waals surface area contributed by atoms with Crippen LogP contribution >= 0.6 is 0 Å². The second-order valence-electron chi connectivity index (χ2n) is 28.8. The molecule has 25 rings (SSSR count). The van der Waals surface area contributed by atoms with Crippen LogP contribution in [0.3, 0.4) is 0 Å². The summed E-state index contributed by atoms with van der Waals surface area (Å²) in [6, 6.07) is 122. The van der Waals surface area contributed by atoms with Gasteiger partial charge in [0, 0.05) is 92.8 Å². The van der Waals surface area contributed by atoms with Crippen LogP contribution in [0.25, 0.3) is 237 Å². The Hall–Kier alpha value is -14.5. The first-order valence-electron chi connectivity index (χ1n) is 36.6. The van der Waals surface area contributed by atoms with Crippen LogP contribution in [-0.2, 0) is 0 Å². The summed E-state index contributed by atoms with van der Waals surface area (Å²) in [6.45, 7) is 0. The minimum atomic E-state index is 0.676. The molecule has 0 radical (unpaired) electrons. The molecular weight excluding hydrogens is 1300 g/mol. The van der Waals surface area contributed by atoms with Gasteiger partial charge in [-0.2, -0.15) is 0 Å². The van der Waals surface area contributed by atoms with Gasteiger partial charge in [-0.05, 0) is 124 Å². The van der Waals surface area contributed by atoms with E-state index in [2.05, 4.69) is 344 Å². The lowest BCUT2D eigenvalue weighted by Crippen LogP contribution is -1.98. The van der Waals surface area contributed by atoms with Crippen molar-refractivity contribution < 1.29 is 0 Å². The summed E-state index contributed by atoms with van der Waals surface area (Å²) in [5, 5.41) is 18.2. The molecule has 0 amide bonds. The average Bonchev–Trinajstić information content (AvgIpc) is 1.52. The number of hydrogen-bond donors (Lipinski definition) is 0. The molecule has 25 aromatic rings. The maximum Gasteiger partial charge on any atom is 0.160 e. The lowest BCUT2D eigenvalue weighted by molar-refractivity contribution is 1.18. The van der Waals surface area contributed by atoms with Crippen molar-refractivity contribution in [3.63, 3.8) is 0 Å². The summed E-state index contributed by atoms with van der Waals surface area (Å²) in [5.41, 5.74) is 28.2. The molecule has 16 aromatic carbocycles. The maximum absolute atomic E-state index is 5.67. The van der Waals surface area contributed by atoms with Crippen molar-refractivity contribution in [2.45, 2.75) is 0 Å². The number of nitrogens with zero attached hydrogens (tertiary/aromatic N) is 9. The molecule has 9 aromatic heterocycles.